The maximum absolute atomic E-state index is 4.70. The molecule has 0 spiro atoms. The van der Waals surface area contributed by atoms with Gasteiger partial charge in [-0.15, -0.1) is 0 Å². The van der Waals surface area contributed by atoms with Gasteiger partial charge in [0.15, 0.2) is 5.82 Å². The Kier molecular flexibility index (Phi) is 4.26. The van der Waals surface area contributed by atoms with Gasteiger partial charge in [-0.1, -0.05) is 40.7 Å². The van der Waals surface area contributed by atoms with Gasteiger partial charge in [0.25, 0.3) is 0 Å². The van der Waals surface area contributed by atoms with Crippen LogP contribution >= 0.6 is 0 Å². The average Bonchev–Trinajstić information content (AvgIpc) is 2.75. The van der Waals surface area contributed by atoms with Gasteiger partial charge in [-0.05, 0) is 42.4 Å². The summed E-state index contributed by atoms with van der Waals surface area (Å²) in [6, 6.07) is 4.23. The topological polar surface area (TPSA) is 30.7 Å². The SMILES string of the molecule is CCc1c(C(C)C)c(C)nn1-c1ccc(C(C)C)cn1. The van der Waals surface area contributed by atoms with E-state index in [2.05, 4.69) is 58.7 Å². The molecule has 0 aromatic carbocycles. The van der Waals surface area contributed by atoms with Gasteiger partial charge in [0.05, 0.1) is 5.69 Å². The molecule has 0 bridgehead atoms. The maximum atomic E-state index is 4.70. The number of nitrogens with zero attached hydrogens (tertiary/aromatic N) is 3. The Morgan fingerprint density at radius 1 is 1.10 bits per heavy atom. The highest BCUT2D eigenvalue weighted by Gasteiger charge is 2.17. The van der Waals surface area contributed by atoms with E-state index >= 15 is 0 Å². The van der Waals surface area contributed by atoms with Crippen LogP contribution < -0.4 is 0 Å². The molecule has 0 saturated heterocycles. The number of rotatable bonds is 4. The van der Waals surface area contributed by atoms with Crippen molar-refractivity contribution in [3.05, 3.63) is 40.8 Å². The Hall–Kier alpha value is -1.64. The van der Waals surface area contributed by atoms with E-state index < -0.39 is 0 Å². The maximum Gasteiger partial charge on any atom is 0.153 e. The van der Waals surface area contributed by atoms with Gasteiger partial charge < -0.3 is 0 Å². The van der Waals surface area contributed by atoms with Gasteiger partial charge >= 0.3 is 0 Å². The summed E-state index contributed by atoms with van der Waals surface area (Å²) in [4.78, 5) is 4.59. The molecule has 0 fully saturated rings. The summed E-state index contributed by atoms with van der Waals surface area (Å²) in [5, 5.41) is 4.70. The van der Waals surface area contributed by atoms with Crippen molar-refractivity contribution in [1.82, 2.24) is 14.8 Å². The second-order valence-electron chi connectivity index (χ2n) is 5.97. The number of hydrogen-bond acceptors (Lipinski definition) is 2. The molecule has 0 aliphatic carbocycles. The zero-order valence-corrected chi connectivity index (χ0v) is 13.4. The van der Waals surface area contributed by atoms with Gasteiger partial charge in [-0.2, -0.15) is 5.10 Å². The Labute approximate surface area is 122 Å². The van der Waals surface area contributed by atoms with Crippen molar-refractivity contribution in [1.29, 1.82) is 0 Å². The lowest BCUT2D eigenvalue weighted by atomic mass is 10.00. The molecule has 0 atom stereocenters. The fourth-order valence-electron chi connectivity index (χ4n) is 2.73. The third kappa shape index (κ3) is 2.62. The van der Waals surface area contributed by atoms with Crippen LogP contribution in [0.15, 0.2) is 18.3 Å². The van der Waals surface area contributed by atoms with E-state index in [1.807, 2.05) is 10.9 Å². The highest BCUT2D eigenvalue weighted by molar-refractivity contribution is 5.36. The second-order valence-corrected chi connectivity index (χ2v) is 5.97. The van der Waals surface area contributed by atoms with Crippen LogP contribution in [0.1, 0.15) is 69.0 Å². The summed E-state index contributed by atoms with van der Waals surface area (Å²) >= 11 is 0. The number of hydrogen-bond donors (Lipinski definition) is 0. The normalized spacial score (nSPS) is 11.6. The molecule has 2 aromatic heterocycles. The molecule has 2 heterocycles. The Bertz CT molecular complexity index is 577. The quantitative estimate of drug-likeness (QED) is 0.826. The molecule has 0 amide bonds. The van der Waals surface area contributed by atoms with Gasteiger partial charge in [0.2, 0.25) is 0 Å². The molecule has 0 unspecified atom stereocenters. The van der Waals surface area contributed by atoms with Crippen molar-refractivity contribution in [2.75, 3.05) is 0 Å². The van der Waals surface area contributed by atoms with E-state index in [9.17, 15) is 0 Å². The van der Waals surface area contributed by atoms with Crippen LogP contribution in [-0.2, 0) is 6.42 Å². The molecule has 20 heavy (non-hydrogen) atoms. The molecule has 108 valence electrons. The van der Waals surface area contributed by atoms with Crippen LogP contribution in [0.2, 0.25) is 0 Å². The fraction of sp³-hybridized carbons (Fsp3) is 0.529. The minimum Gasteiger partial charge on any atom is -0.237 e. The second kappa shape index (κ2) is 5.78. The van der Waals surface area contributed by atoms with Gasteiger partial charge in [-0.25, -0.2) is 9.67 Å². The molecule has 0 saturated carbocycles. The van der Waals surface area contributed by atoms with Crippen LogP contribution in [0.4, 0.5) is 0 Å². The van der Waals surface area contributed by atoms with Crippen LogP contribution in [0.5, 0.6) is 0 Å². The zero-order valence-electron chi connectivity index (χ0n) is 13.4. The molecule has 3 heteroatoms. The molecule has 0 aliphatic rings. The molecule has 2 aromatic rings. The number of aryl methyl sites for hydroxylation is 1. The average molecular weight is 271 g/mol. The summed E-state index contributed by atoms with van der Waals surface area (Å²) in [6.07, 6.45) is 2.94. The Balaban J connectivity index is 2.50. The number of pyridine rings is 1. The van der Waals surface area contributed by atoms with Crippen molar-refractivity contribution in [2.24, 2.45) is 0 Å². The lowest BCUT2D eigenvalue weighted by Gasteiger charge is -2.10. The summed E-state index contributed by atoms with van der Waals surface area (Å²) in [7, 11) is 0. The minimum absolute atomic E-state index is 0.494. The van der Waals surface area contributed by atoms with Crippen molar-refractivity contribution in [3.8, 4) is 5.82 Å². The molecular weight excluding hydrogens is 246 g/mol. The lowest BCUT2D eigenvalue weighted by Crippen LogP contribution is -2.05. The molecule has 0 N–H and O–H groups in total. The summed E-state index contributed by atoms with van der Waals surface area (Å²) in [6.45, 7) is 13.1. The van der Waals surface area contributed by atoms with Crippen LogP contribution in [0.3, 0.4) is 0 Å². The highest BCUT2D eigenvalue weighted by atomic mass is 15.3. The zero-order chi connectivity index (χ0) is 14.9. The molecule has 0 radical (unpaired) electrons. The summed E-state index contributed by atoms with van der Waals surface area (Å²) < 4.78 is 2.01. The van der Waals surface area contributed by atoms with E-state index in [0.717, 1.165) is 17.9 Å². The largest absolute Gasteiger partial charge is 0.237 e. The third-order valence-electron chi connectivity index (χ3n) is 3.77. The first-order chi connectivity index (χ1) is 9.45. The Morgan fingerprint density at radius 3 is 2.25 bits per heavy atom. The fourth-order valence-corrected chi connectivity index (χ4v) is 2.73. The summed E-state index contributed by atoms with van der Waals surface area (Å²) in [5.74, 6) is 1.92. The Morgan fingerprint density at radius 2 is 1.80 bits per heavy atom. The highest BCUT2D eigenvalue weighted by Crippen LogP contribution is 2.26. The van der Waals surface area contributed by atoms with Gasteiger partial charge in [0, 0.05) is 11.9 Å². The van der Waals surface area contributed by atoms with E-state index in [1.165, 1.54) is 16.8 Å². The molecule has 3 nitrogen and oxygen atoms in total. The number of aromatic nitrogens is 3. The predicted octanol–water partition coefficient (Wildman–Crippen LogP) is 4.38. The standard InChI is InChI=1S/C17H25N3/c1-7-15-17(12(4)5)13(6)19-20(15)16-9-8-14(10-18-16)11(2)3/h8-12H,7H2,1-6H3. The minimum atomic E-state index is 0.494. The lowest BCUT2D eigenvalue weighted by molar-refractivity contribution is 0.764. The smallest absolute Gasteiger partial charge is 0.153 e. The molecule has 2 rings (SSSR count). The van der Waals surface area contributed by atoms with Crippen LogP contribution in [0.25, 0.3) is 5.82 Å². The van der Waals surface area contributed by atoms with E-state index in [0.29, 0.717) is 11.8 Å². The predicted molar refractivity (Wildman–Crippen MR) is 83.7 cm³/mol. The van der Waals surface area contributed by atoms with Gasteiger partial charge in [-0.3, -0.25) is 0 Å². The van der Waals surface area contributed by atoms with Crippen LogP contribution in [0, 0.1) is 6.92 Å². The third-order valence-corrected chi connectivity index (χ3v) is 3.77. The van der Waals surface area contributed by atoms with E-state index in [-0.39, 0.29) is 0 Å². The van der Waals surface area contributed by atoms with Crippen molar-refractivity contribution in [3.63, 3.8) is 0 Å². The summed E-state index contributed by atoms with van der Waals surface area (Å²) in [5.41, 5.74) is 5.02. The first-order valence-corrected chi connectivity index (χ1v) is 7.50. The van der Waals surface area contributed by atoms with E-state index in [1.54, 1.807) is 0 Å². The monoisotopic (exact) mass is 271 g/mol. The van der Waals surface area contributed by atoms with E-state index in [4.69, 9.17) is 5.10 Å². The van der Waals surface area contributed by atoms with Crippen molar-refractivity contribution < 1.29 is 0 Å². The van der Waals surface area contributed by atoms with Crippen molar-refractivity contribution in [2.45, 2.75) is 59.8 Å². The van der Waals surface area contributed by atoms with Crippen molar-refractivity contribution >= 4 is 0 Å². The molecule has 0 aliphatic heterocycles. The first kappa shape index (κ1) is 14.8. The molecular formula is C17H25N3. The first-order valence-electron chi connectivity index (χ1n) is 7.50. The van der Waals surface area contributed by atoms with Crippen LogP contribution in [-0.4, -0.2) is 14.8 Å². The van der Waals surface area contributed by atoms with Gasteiger partial charge in [0.1, 0.15) is 0 Å².